The predicted octanol–water partition coefficient (Wildman–Crippen LogP) is 22.7. The van der Waals surface area contributed by atoms with Gasteiger partial charge >= 0.3 is 17.9 Å². The Morgan fingerprint density at radius 3 is 1.01 bits per heavy atom. The van der Waals surface area contributed by atoms with E-state index in [0.29, 0.717) is 23.9 Å². The number of rotatable bonds is 68. The minimum Gasteiger partial charge on any atom is -0.477 e. The van der Waals surface area contributed by atoms with Crippen molar-refractivity contribution < 1.29 is 42.9 Å². The van der Waals surface area contributed by atoms with Gasteiger partial charge in [0.15, 0.2) is 6.10 Å². The second-order valence-electron chi connectivity index (χ2n) is 25.9. The molecule has 0 aliphatic carbocycles. The monoisotopic (exact) mass is 1200 g/mol. The Morgan fingerprint density at radius 2 is 0.671 bits per heavy atom. The summed E-state index contributed by atoms with van der Waals surface area (Å²) in [5, 5.41) is 9.74. The minimum atomic E-state index is -1.51. The van der Waals surface area contributed by atoms with Crippen LogP contribution in [0.25, 0.3) is 0 Å². The van der Waals surface area contributed by atoms with Crippen LogP contribution >= 0.6 is 0 Å². The fourth-order valence-electron chi connectivity index (χ4n) is 10.7. The Bertz CT molecular complexity index is 1580. The molecule has 496 valence electrons. The lowest BCUT2D eigenvalue weighted by molar-refractivity contribution is -0.870. The van der Waals surface area contributed by atoms with Crippen molar-refractivity contribution in [1.29, 1.82) is 0 Å². The van der Waals surface area contributed by atoms with Crippen LogP contribution in [0.1, 0.15) is 348 Å². The molecule has 0 bridgehead atoms. The summed E-state index contributed by atoms with van der Waals surface area (Å²) < 4.78 is 23.0. The van der Waals surface area contributed by atoms with Crippen molar-refractivity contribution >= 4 is 17.9 Å². The molecule has 0 rings (SSSR count). The van der Waals surface area contributed by atoms with Crippen LogP contribution in [0.4, 0.5) is 0 Å². The Labute approximate surface area is 526 Å². The van der Waals surface area contributed by atoms with E-state index < -0.39 is 24.3 Å². The minimum absolute atomic E-state index is 0.184. The van der Waals surface area contributed by atoms with E-state index in [4.69, 9.17) is 18.9 Å². The largest absolute Gasteiger partial charge is 0.477 e. The summed E-state index contributed by atoms with van der Waals surface area (Å²) in [6.45, 7) is 4.80. The summed E-state index contributed by atoms with van der Waals surface area (Å²) in [5.74, 6) is -2.00. The number of hydrogen-bond donors (Lipinski definition) is 1. The molecular formula is C76H140NO8+. The number of likely N-dealkylation sites (N-methyl/N-ethyl adjacent to an activating group) is 1. The van der Waals surface area contributed by atoms with Crippen LogP contribution in [0, 0.1) is 0 Å². The van der Waals surface area contributed by atoms with Crippen LogP contribution < -0.4 is 0 Å². The van der Waals surface area contributed by atoms with Gasteiger partial charge in [-0.2, -0.15) is 0 Å². The Hall–Kier alpha value is -3.01. The molecule has 0 fully saturated rings. The molecule has 9 heteroatoms. The second kappa shape index (κ2) is 66.9. The van der Waals surface area contributed by atoms with E-state index in [1.165, 1.54) is 244 Å². The lowest BCUT2D eigenvalue weighted by atomic mass is 10.0. The first-order valence-electron chi connectivity index (χ1n) is 36.5. The van der Waals surface area contributed by atoms with Gasteiger partial charge in [0.2, 0.25) is 0 Å². The molecule has 0 aliphatic rings. The van der Waals surface area contributed by atoms with Crippen molar-refractivity contribution in [3.8, 4) is 0 Å². The summed E-state index contributed by atoms with van der Waals surface area (Å²) in [6.07, 6.45) is 85.1. The summed E-state index contributed by atoms with van der Waals surface area (Å²) >= 11 is 0. The van der Waals surface area contributed by atoms with E-state index in [9.17, 15) is 19.5 Å². The van der Waals surface area contributed by atoms with Crippen LogP contribution in [0.3, 0.4) is 0 Å². The van der Waals surface area contributed by atoms with E-state index >= 15 is 0 Å². The van der Waals surface area contributed by atoms with E-state index in [2.05, 4.69) is 74.6 Å². The maximum absolute atomic E-state index is 12.9. The third-order valence-corrected chi connectivity index (χ3v) is 16.3. The molecule has 0 saturated heterocycles. The number of nitrogens with zero attached hydrogens (tertiary/aromatic N) is 1. The molecule has 0 aliphatic heterocycles. The van der Waals surface area contributed by atoms with Gasteiger partial charge in [0.25, 0.3) is 6.29 Å². The quantitative estimate of drug-likeness (QED) is 0.0211. The standard InChI is InChI=1S/C76H139NO8/c1-6-8-10-12-14-16-18-20-22-24-26-28-29-30-31-32-33-34-35-36-37-38-39-40-41-42-43-44-45-47-48-50-52-54-56-58-60-62-64-66-73(78)83-70-72(71-84-76(75(80)81)82-69-68-77(3,4)5)85-74(79)67-65-63-61-59-57-55-53-51-49-46-27-25-23-21-19-17-15-13-11-9-7-2/h9,11,15,17,21,23-24,26-27,46,72,76H,6-8,10,12-14,16,18-20,22,25,28-45,47-71H2,1-5H3/p+1/b11-9-,17-15-,23-21-,26-24-,46-27-. The highest BCUT2D eigenvalue weighted by Gasteiger charge is 2.25. The SMILES string of the molecule is CC/C=C\C/C=C\C/C=C\C/C=C\CCCCCCCCCCC(=O)OC(COC(=O)CCCCCCCCCCCCCCCCCCCCCCCCCCCCC/C=C\CCCCCCCCCC)COC(OCC[N+](C)(C)C)C(=O)O. The van der Waals surface area contributed by atoms with Crippen LogP contribution in [0.5, 0.6) is 0 Å². The predicted molar refractivity (Wildman–Crippen MR) is 364 cm³/mol. The molecule has 0 amide bonds. The fraction of sp³-hybridized carbons (Fsp3) is 0.829. The number of unbranched alkanes of at least 4 members (excludes halogenated alkanes) is 43. The van der Waals surface area contributed by atoms with Gasteiger partial charge in [-0.3, -0.25) is 9.59 Å². The molecule has 2 atom stereocenters. The Morgan fingerprint density at radius 1 is 0.365 bits per heavy atom. The number of carbonyl (C=O) groups is 3. The number of esters is 2. The van der Waals surface area contributed by atoms with Gasteiger partial charge in [-0.05, 0) is 77.0 Å². The van der Waals surface area contributed by atoms with E-state index in [0.717, 1.165) is 70.6 Å². The maximum atomic E-state index is 12.9. The second-order valence-corrected chi connectivity index (χ2v) is 25.9. The van der Waals surface area contributed by atoms with Gasteiger partial charge in [0, 0.05) is 12.8 Å². The highest BCUT2D eigenvalue weighted by Crippen LogP contribution is 2.19. The van der Waals surface area contributed by atoms with Crippen molar-refractivity contribution in [3.05, 3.63) is 60.8 Å². The Balaban J connectivity index is 3.96. The highest BCUT2D eigenvalue weighted by molar-refractivity contribution is 5.71. The van der Waals surface area contributed by atoms with Gasteiger partial charge in [-0.25, -0.2) is 4.79 Å². The zero-order valence-electron chi connectivity index (χ0n) is 56.8. The third-order valence-electron chi connectivity index (χ3n) is 16.3. The molecule has 0 heterocycles. The zero-order chi connectivity index (χ0) is 61.9. The van der Waals surface area contributed by atoms with Gasteiger partial charge in [-0.15, -0.1) is 0 Å². The number of carbonyl (C=O) groups excluding carboxylic acids is 2. The smallest absolute Gasteiger partial charge is 0.361 e. The number of ether oxygens (including phenoxy) is 4. The zero-order valence-corrected chi connectivity index (χ0v) is 56.8. The molecule has 0 saturated carbocycles. The molecule has 1 N–H and O–H groups in total. The van der Waals surface area contributed by atoms with Gasteiger partial charge in [0.1, 0.15) is 13.2 Å². The molecule has 85 heavy (non-hydrogen) atoms. The number of aliphatic carboxylic acids is 1. The van der Waals surface area contributed by atoms with E-state index in [1.54, 1.807) is 0 Å². The van der Waals surface area contributed by atoms with Crippen molar-refractivity contribution in [2.45, 2.75) is 360 Å². The molecule has 0 aromatic carbocycles. The molecule has 0 radical (unpaired) electrons. The first-order valence-corrected chi connectivity index (χ1v) is 36.5. The molecule has 0 aromatic rings. The first-order chi connectivity index (χ1) is 41.6. The fourth-order valence-corrected chi connectivity index (χ4v) is 10.7. The van der Waals surface area contributed by atoms with Gasteiger partial charge < -0.3 is 28.5 Å². The van der Waals surface area contributed by atoms with Crippen molar-refractivity contribution in [2.24, 2.45) is 0 Å². The number of quaternary nitrogens is 1. The lowest BCUT2D eigenvalue weighted by Crippen LogP contribution is -2.40. The Kier molecular flexibility index (Phi) is 64.6. The van der Waals surface area contributed by atoms with Crippen LogP contribution in [-0.4, -0.2) is 87.4 Å². The van der Waals surface area contributed by atoms with Gasteiger partial charge in [0.05, 0.1) is 34.4 Å². The van der Waals surface area contributed by atoms with Gasteiger partial charge in [-0.1, -0.05) is 319 Å². The molecule has 0 aromatic heterocycles. The molecule has 9 nitrogen and oxygen atoms in total. The number of carboxylic acids is 1. The van der Waals surface area contributed by atoms with E-state index in [1.807, 2.05) is 21.1 Å². The van der Waals surface area contributed by atoms with Crippen LogP contribution in [-0.2, 0) is 33.3 Å². The summed E-state index contributed by atoms with van der Waals surface area (Å²) in [5.41, 5.74) is 0. The number of carboxylic acid groups (broad SMARTS) is 1. The third kappa shape index (κ3) is 68.3. The molecule has 2 unspecified atom stereocenters. The normalized spacial score (nSPS) is 13.0. The van der Waals surface area contributed by atoms with Crippen LogP contribution in [0.15, 0.2) is 60.8 Å². The summed E-state index contributed by atoms with van der Waals surface area (Å²) in [7, 11) is 5.98. The number of hydrogen-bond acceptors (Lipinski definition) is 7. The van der Waals surface area contributed by atoms with Crippen molar-refractivity contribution in [2.75, 3.05) is 47.5 Å². The summed E-state index contributed by atoms with van der Waals surface area (Å²) in [6, 6.07) is 0. The lowest BCUT2D eigenvalue weighted by Gasteiger charge is -2.25. The van der Waals surface area contributed by atoms with E-state index in [-0.39, 0.29) is 32.2 Å². The molecular weight excluding hydrogens is 1050 g/mol. The summed E-state index contributed by atoms with van der Waals surface area (Å²) in [4.78, 5) is 37.6. The first kappa shape index (κ1) is 82.0. The topological polar surface area (TPSA) is 108 Å². The average Bonchev–Trinajstić information content (AvgIpc) is 3.48. The maximum Gasteiger partial charge on any atom is 0.361 e. The van der Waals surface area contributed by atoms with Crippen LogP contribution in [0.2, 0.25) is 0 Å². The van der Waals surface area contributed by atoms with Crippen molar-refractivity contribution in [1.82, 2.24) is 0 Å². The number of allylic oxidation sites excluding steroid dienone is 10. The van der Waals surface area contributed by atoms with Crippen molar-refractivity contribution in [3.63, 3.8) is 0 Å². The highest BCUT2D eigenvalue weighted by atomic mass is 16.7. The molecule has 0 spiro atoms. The average molecular weight is 1200 g/mol.